The van der Waals surface area contributed by atoms with Crippen molar-refractivity contribution in [3.8, 4) is 63.6 Å². The molecule has 26 nitrogen and oxygen atoms in total. The predicted molar refractivity (Wildman–Crippen MR) is 461 cm³/mol. The van der Waals surface area contributed by atoms with E-state index in [1.54, 1.807) is 172 Å². The number of nitriles is 1. The molecule has 0 saturated carbocycles. The monoisotopic (exact) mass is 1630 g/mol. The lowest BCUT2D eigenvalue weighted by Crippen LogP contribution is -2.08. The zero-order valence-electron chi connectivity index (χ0n) is 69.6. The van der Waals surface area contributed by atoms with Gasteiger partial charge in [-0.1, -0.05) is 24.3 Å². The number of hydrogen-bond acceptors (Lipinski definition) is 26. The molecule has 0 saturated heterocycles. The van der Waals surface area contributed by atoms with Crippen LogP contribution >= 0.6 is 0 Å². The molecule has 0 N–H and O–H groups in total. The van der Waals surface area contributed by atoms with Crippen molar-refractivity contribution in [3.05, 3.63) is 387 Å². The number of ketones is 5. The van der Waals surface area contributed by atoms with Gasteiger partial charge in [-0.05, 0) is 197 Å². The van der Waals surface area contributed by atoms with Gasteiger partial charge in [0.1, 0.15) is 86.0 Å². The summed E-state index contributed by atoms with van der Waals surface area (Å²) in [5, 5.41) is 8.93. The molecule has 26 heteroatoms. The van der Waals surface area contributed by atoms with Crippen molar-refractivity contribution >= 4 is 28.9 Å². The highest BCUT2D eigenvalue weighted by Gasteiger charge is 2.19. The zero-order valence-corrected chi connectivity index (χ0v) is 69.6. The van der Waals surface area contributed by atoms with Gasteiger partial charge in [0.25, 0.3) is 0 Å². The molecule has 614 valence electrons. The Hall–Kier alpha value is -15.9. The van der Waals surface area contributed by atoms with Crippen LogP contribution in [0, 0.1) is 87.5 Å². The maximum Gasteiger partial charge on any atom is 0.187 e. The van der Waals surface area contributed by atoms with Crippen LogP contribution in [0.15, 0.2) is 262 Å². The van der Waals surface area contributed by atoms with Crippen molar-refractivity contribution in [1.29, 1.82) is 5.26 Å². The molecule has 15 aromatic heterocycles. The van der Waals surface area contributed by atoms with Gasteiger partial charge in [0, 0.05) is 177 Å². The van der Waals surface area contributed by atoms with E-state index < -0.39 is 0 Å². The molecule has 15 aromatic rings. The molecule has 15 rings (SSSR count). The van der Waals surface area contributed by atoms with Gasteiger partial charge < -0.3 is 23.7 Å². The number of carbonyl (C=O) groups excluding carboxylic acids is 5. The predicted octanol–water partition coefficient (Wildman–Crippen LogP) is 18.7. The summed E-state index contributed by atoms with van der Waals surface area (Å²) in [5.41, 5.74) is 14.8. The molecule has 15 heterocycles. The van der Waals surface area contributed by atoms with E-state index in [4.69, 9.17) is 28.9 Å². The van der Waals surface area contributed by atoms with Crippen molar-refractivity contribution in [2.75, 3.05) is 0 Å². The summed E-state index contributed by atoms with van der Waals surface area (Å²) in [5.74, 6) is 5.28. The molecule has 0 radical (unpaired) electrons. The van der Waals surface area contributed by atoms with Crippen LogP contribution in [0.3, 0.4) is 0 Å². The maximum atomic E-state index is 12.6. The zero-order chi connectivity index (χ0) is 87.2. The third-order valence-electron chi connectivity index (χ3n) is 17.4. The van der Waals surface area contributed by atoms with E-state index >= 15 is 0 Å². The molecule has 0 aliphatic carbocycles. The molecule has 0 atom stereocenters. The quantitative estimate of drug-likeness (QED) is 0.0480. The minimum Gasteiger partial charge on any atom is -0.456 e. The Kier molecular flexibility index (Phi) is 31.1. The Morgan fingerprint density at radius 1 is 0.252 bits per heavy atom. The van der Waals surface area contributed by atoms with Crippen LogP contribution in [-0.4, -0.2) is 104 Å². The second-order valence-corrected chi connectivity index (χ2v) is 28.3. The van der Waals surface area contributed by atoms with Crippen molar-refractivity contribution in [1.82, 2.24) is 74.8 Å². The van der Waals surface area contributed by atoms with Crippen LogP contribution in [0.2, 0.25) is 0 Å². The molecule has 0 amide bonds. The van der Waals surface area contributed by atoms with E-state index in [1.165, 1.54) is 6.20 Å². The summed E-state index contributed by atoms with van der Waals surface area (Å²) in [6, 6.07) is 61.2. The first-order valence-corrected chi connectivity index (χ1v) is 38.9. The SMILES string of the molecule is Cc1cc(Oc2cccnc2)cc(C(=O)Cc2cc(C#N)ccn2)n1.Cc1ccc(CC(=O)c2cc(Oc3ccc(C)nc3)cc(C)n2)nc1.Cc1ccc(Oc2cc(C)nc(C(=O)Cc3cccc(C)n3)c2)cn1.Cc1cccc(CC(=O)c2cc(Oc3cccnc3)cc(C)n2)n1.Cc1cccc(CC(=O)c2cc(Oc3cccnc3)cc(C)n2)n1. The second kappa shape index (κ2) is 43.5. The first-order chi connectivity index (χ1) is 59.3. The molecular formula is C97H86N16O10. The minimum absolute atomic E-state index is 0.0678. The lowest BCUT2D eigenvalue weighted by molar-refractivity contribution is 0.0978. The van der Waals surface area contributed by atoms with E-state index in [-0.39, 0.29) is 61.0 Å². The highest BCUT2D eigenvalue weighted by molar-refractivity contribution is 5.98. The van der Waals surface area contributed by atoms with Crippen LogP contribution in [0.25, 0.3) is 0 Å². The Morgan fingerprint density at radius 3 is 0.846 bits per heavy atom. The van der Waals surface area contributed by atoms with Crippen LogP contribution in [0.4, 0.5) is 0 Å². The number of Topliss-reactive ketones (excluding diaryl/α,β-unsaturated/α-hetero) is 5. The number of aryl methyl sites for hydroxylation is 11. The summed E-state index contributed by atoms with van der Waals surface area (Å²) >= 11 is 0. The van der Waals surface area contributed by atoms with Crippen molar-refractivity contribution in [2.45, 2.75) is 108 Å². The molecule has 0 spiro atoms. The van der Waals surface area contributed by atoms with Gasteiger partial charge >= 0.3 is 0 Å². The van der Waals surface area contributed by atoms with Gasteiger partial charge in [0.15, 0.2) is 28.9 Å². The number of nitrogens with zero attached hydrogens (tertiary/aromatic N) is 16. The molecular weight excluding hydrogens is 1550 g/mol. The Balaban J connectivity index is 0.000000150. The Bertz CT molecular complexity index is 6080. The van der Waals surface area contributed by atoms with Crippen LogP contribution in [0.1, 0.15) is 149 Å². The summed E-state index contributed by atoms with van der Waals surface area (Å²) in [6.45, 7) is 20.6. The molecule has 0 aliphatic rings. The molecule has 123 heavy (non-hydrogen) atoms. The van der Waals surface area contributed by atoms with E-state index in [0.717, 1.165) is 79.6 Å². The molecule has 0 fully saturated rings. The number of pyridine rings is 15. The van der Waals surface area contributed by atoms with Gasteiger partial charge in [0.05, 0.1) is 74.7 Å². The molecule has 0 bridgehead atoms. The number of ether oxygens (including phenoxy) is 5. The summed E-state index contributed by atoms with van der Waals surface area (Å²) in [6.07, 6.45) is 17.3. The maximum absolute atomic E-state index is 12.6. The topological polar surface area (TPSA) is 349 Å². The van der Waals surface area contributed by atoms with Gasteiger partial charge in [-0.15, -0.1) is 0 Å². The van der Waals surface area contributed by atoms with E-state index in [9.17, 15) is 24.0 Å². The smallest absolute Gasteiger partial charge is 0.187 e. The fourth-order valence-corrected chi connectivity index (χ4v) is 11.7. The normalized spacial score (nSPS) is 10.4. The first kappa shape index (κ1) is 87.9. The fourth-order valence-electron chi connectivity index (χ4n) is 11.7. The summed E-state index contributed by atoms with van der Waals surface area (Å²) in [4.78, 5) is 126. The van der Waals surface area contributed by atoms with Gasteiger partial charge in [-0.2, -0.15) is 5.26 Å². The van der Waals surface area contributed by atoms with Crippen molar-refractivity contribution in [3.63, 3.8) is 0 Å². The molecule has 0 aromatic carbocycles. The highest BCUT2D eigenvalue weighted by Crippen LogP contribution is 2.29. The largest absolute Gasteiger partial charge is 0.456 e. The van der Waals surface area contributed by atoms with E-state index in [2.05, 4.69) is 74.8 Å². The first-order valence-electron chi connectivity index (χ1n) is 38.9. The standard InChI is InChI=1S/2C20H19N3O2.C19H14N4O2.2C19H17N3O2/c1-13-4-6-16(22-11-13)9-20(24)19-10-18(8-15(3)23-19)25-17-7-5-14(2)21-12-17;1-13-7-8-17(12-21-13)25-18-9-15(3)23-19(11-18)20(24)10-16-6-4-5-14(2)22-16;1-13-7-17(25-16-3-2-5-21-12-16)10-18(23-13)19(24)9-15-8-14(11-20)4-6-22-15;2*1-13-5-3-6-15(21-13)10-19(23)18-11-17(9-14(2)22-18)24-16-7-4-8-20-12-16/h4-8,10-12H,9H2,1-3H3;4-9,11-12H,10H2,1-3H3;2-8,10,12H,9H2,1H3;2*3-9,11-12H,10H2,1-2H3. The van der Waals surface area contributed by atoms with Crippen molar-refractivity contribution < 1.29 is 47.7 Å². The lowest BCUT2D eigenvalue weighted by Gasteiger charge is -2.08. The average molecular weight is 1640 g/mol. The van der Waals surface area contributed by atoms with E-state index in [0.29, 0.717) is 103 Å². The van der Waals surface area contributed by atoms with Crippen LogP contribution < -0.4 is 23.7 Å². The van der Waals surface area contributed by atoms with Gasteiger partial charge in [-0.25, -0.2) is 24.9 Å². The number of rotatable bonds is 25. The fraction of sp³-hybridized carbons (Fsp3) is 0.165. The van der Waals surface area contributed by atoms with Crippen LogP contribution in [0.5, 0.6) is 57.5 Å². The molecule has 0 aliphatic heterocycles. The van der Waals surface area contributed by atoms with E-state index in [1.807, 2.05) is 166 Å². The Morgan fingerprint density at radius 2 is 0.569 bits per heavy atom. The number of hydrogen-bond donors (Lipinski definition) is 0. The Labute approximate surface area is 711 Å². The second-order valence-electron chi connectivity index (χ2n) is 28.3. The number of carbonyl (C=O) groups is 5. The third kappa shape index (κ3) is 28.7. The van der Waals surface area contributed by atoms with Gasteiger partial charge in [0.2, 0.25) is 0 Å². The van der Waals surface area contributed by atoms with Crippen LogP contribution in [-0.2, 0) is 32.1 Å². The van der Waals surface area contributed by atoms with Gasteiger partial charge in [-0.3, -0.25) is 73.8 Å². The summed E-state index contributed by atoms with van der Waals surface area (Å²) in [7, 11) is 0. The third-order valence-corrected chi connectivity index (χ3v) is 17.4. The lowest BCUT2D eigenvalue weighted by atomic mass is 10.1. The average Bonchev–Trinajstić information content (AvgIpc) is 0.854. The highest BCUT2D eigenvalue weighted by atomic mass is 16.5. The molecule has 0 unspecified atom stereocenters. The minimum atomic E-state index is -0.192. The summed E-state index contributed by atoms with van der Waals surface area (Å²) < 4.78 is 28.8. The van der Waals surface area contributed by atoms with Crippen molar-refractivity contribution in [2.24, 2.45) is 0 Å². The number of aromatic nitrogens is 15.